The molecule has 1 saturated carbocycles. The average Bonchev–Trinajstić information content (AvgIpc) is 3.76. The molecule has 0 bridgehead atoms. The molecule has 3 atom stereocenters. The fraction of sp³-hybridized carbons (Fsp3) is 0.514. The summed E-state index contributed by atoms with van der Waals surface area (Å²) in [6, 6.07) is 11.2. The number of hydrogen-bond acceptors (Lipinski definition) is 4. The zero-order valence-corrected chi connectivity index (χ0v) is 26.3. The SMILES string of the molecule is CCc1ccc(NC(=O)C2CCCN(C(=O)c3c(C)cccc3F)C2[C@@H]2C=CC(NC3CCCC3)=CC2)cc1N1CCCC1. The zero-order valence-electron chi connectivity index (χ0n) is 26.3. The summed E-state index contributed by atoms with van der Waals surface area (Å²) >= 11 is 0. The number of halogens is 1. The highest BCUT2D eigenvalue weighted by molar-refractivity contribution is 5.98. The summed E-state index contributed by atoms with van der Waals surface area (Å²) in [4.78, 5) is 32.4. The molecule has 7 heteroatoms. The van der Waals surface area contributed by atoms with Crippen molar-refractivity contribution in [2.45, 2.75) is 90.1 Å². The van der Waals surface area contributed by atoms with Crippen molar-refractivity contribution in [3.63, 3.8) is 0 Å². The van der Waals surface area contributed by atoms with Gasteiger partial charge in [-0.05, 0) is 93.7 Å². The van der Waals surface area contributed by atoms with Crippen molar-refractivity contribution in [2.75, 3.05) is 29.9 Å². The molecule has 2 saturated heterocycles. The third-order valence-corrected chi connectivity index (χ3v) is 10.2. The molecule has 2 unspecified atom stereocenters. The molecule has 44 heavy (non-hydrogen) atoms. The molecule has 2 heterocycles. The van der Waals surface area contributed by atoms with E-state index >= 15 is 4.39 Å². The van der Waals surface area contributed by atoms with Crippen molar-refractivity contribution in [1.82, 2.24) is 10.2 Å². The van der Waals surface area contributed by atoms with Crippen molar-refractivity contribution in [1.29, 1.82) is 0 Å². The molecule has 2 aliphatic heterocycles. The quantitative estimate of drug-likeness (QED) is 0.339. The van der Waals surface area contributed by atoms with E-state index < -0.39 is 11.7 Å². The van der Waals surface area contributed by atoms with Crippen LogP contribution in [0.25, 0.3) is 0 Å². The summed E-state index contributed by atoms with van der Waals surface area (Å²) in [5.74, 6) is -1.35. The summed E-state index contributed by atoms with van der Waals surface area (Å²) in [5, 5.41) is 6.93. The third kappa shape index (κ3) is 6.43. The van der Waals surface area contributed by atoms with Gasteiger partial charge in [-0.25, -0.2) is 4.39 Å². The second kappa shape index (κ2) is 13.6. The highest BCUT2D eigenvalue weighted by Crippen LogP contribution is 2.37. The summed E-state index contributed by atoms with van der Waals surface area (Å²) in [5.41, 5.74) is 5.15. The summed E-state index contributed by atoms with van der Waals surface area (Å²) in [6.07, 6.45) is 16.9. The maximum Gasteiger partial charge on any atom is 0.257 e. The number of anilines is 2. The number of likely N-dealkylation sites (tertiary alicyclic amines) is 1. The zero-order chi connectivity index (χ0) is 30.6. The molecule has 3 fully saturated rings. The van der Waals surface area contributed by atoms with Crippen LogP contribution in [0.4, 0.5) is 15.8 Å². The second-order valence-corrected chi connectivity index (χ2v) is 13.1. The van der Waals surface area contributed by atoms with Crippen LogP contribution in [-0.2, 0) is 11.2 Å². The van der Waals surface area contributed by atoms with E-state index in [2.05, 4.69) is 52.8 Å². The lowest BCUT2D eigenvalue weighted by Crippen LogP contribution is -2.55. The molecule has 0 radical (unpaired) electrons. The number of carbonyl (C=O) groups is 2. The van der Waals surface area contributed by atoms with E-state index in [1.165, 1.54) is 55.8 Å². The van der Waals surface area contributed by atoms with E-state index in [1.807, 2.05) is 6.07 Å². The number of allylic oxidation sites excluding steroid dienone is 2. The highest BCUT2D eigenvalue weighted by atomic mass is 19.1. The van der Waals surface area contributed by atoms with Gasteiger partial charge in [0.05, 0.1) is 17.5 Å². The molecule has 2 N–H and O–H groups in total. The van der Waals surface area contributed by atoms with Crippen LogP contribution in [0, 0.1) is 24.6 Å². The van der Waals surface area contributed by atoms with E-state index in [0.717, 1.165) is 37.3 Å². The van der Waals surface area contributed by atoms with Gasteiger partial charge in [0.1, 0.15) is 5.82 Å². The molecule has 6 nitrogen and oxygen atoms in total. The van der Waals surface area contributed by atoms with Crippen molar-refractivity contribution in [2.24, 2.45) is 11.8 Å². The largest absolute Gasteiger partial charge is 0.383 e. The topological polar surface area (TPSA) is 64.7 Å². The highest BCUT2D eigenvalue weighted by Gasteiger charge is 2.43. The first-order chi connectivity index (χ1) is 21.4. The van der Waals surface area contributed by atoms with Gasteiger partial charge < -0.3 is 20.4 Å². The second-order valence-electron chi connectivity index (χ2n) is 13.1. The number of aryl methyl sites for hydroxylation is 2. The van der Waals surface area contributed by atoms with Crippen LogP contribution in [0.3, 0.4) is 0 Å². The third-order valence-electron chi connectivity index (χ3n) is 10.2. The Morgan fingerprint density at radius 1 is 0.977 bits per heavy atom. The number of rotatable bonds is 8. The van der Waals surface area contributed by atoms with Crippen molar-refractivity contribution >= 4 is 23.2 Å². The molecule has 2 aromatic rings. The van der Waals surface area contributed by atoms with E-state index in [1.54, 1.807) is 24.0 Å². The standard InChI is InChI=1S/C37H47FN4O2/c1-3-26-15-20-30(24-33(26)41-21-6-7-22-41)40-36(43)31-13-9-23-42(37(44)34-25(2)10-8-14-32(34)38)35(31)27-16-18-29(19-17-27)39-28-11-4-5-12-28/h8,10,14-16,18-20,24,27-28,31,35,39H,3-7,9,11-13,17,21-23H2,1-2H3,(H,40,43)/t27-,31?,35?/m1/s1. The van der Waals surface area contributed by atoms with Crippen LogP contribution in [0.15, 0.2) is 60.3 Å². The van der Waals surface area contributed by atoms with Crippen molar-refractivity contribution < 1.29 is 14.0 Å². The summed E-state index contributed by atoms with van der Waals surface area (Å²) in [6.45, 7) is 6.54. The van der Waals surface area contributed by atoms with Gasteiger partial charge in [-0.15, -0.1) is 0 Å². The van der Waals surface area contributed by atoms with Gasteiger partial charge in [-0.1, -0.05) is 50.1 Å². The molecule has 6 rings (SSSR count). The summed E-state index contributed by atoms with van der Waals surface area (Å²) < 4.78 is 15.1. The first kappa shape index (κ1) is 30.4. The van der Waals surface area contributed by atoms with Gasteiger partial charge in [0.25, 0.3) is 5.91 Å². The minimum atomic E-state index is -0.507. The van der Waals surface area contributed by atoms with Gasteiger partial charge in [0, 0.05) is 48.7 Å². The fourth-order valence-electron chi connectivity index (χ4n) is 7.85. The molecule has 2 aromatic carbocycles. The molecule has 234 valence electrons. The van der Waals surface area contributed by atoms with Gasteiger partial charge in [0.15, 0.2) is 0 Å². The van der Waals surface area contributed by atoms with Gasteiger partial charge in [-0.3, -0.25) is 9.59 Å². The Morgan fingerprint density at radius 2 is 1.77 bits per heavy atom. The monoisotopic (exact) mass is 598 g/mol. The van der Waals surface area contributed by atoms with E-state index in [9.17, 15) is 9.59 Å². The Bertz CT molecular complexity index is 1400. The van der Waals surface area contributed by atoms with Crippen LogP contribution in [0.1, 0.15) is 86.2 Å². The number of piperidine rings is 1. The van der Waals surface area contributed by atoms with E-state index in [-0.39, 0.29) is 29.3 Å². The number of nitrogens with one attached hydrogen (secondary N) is 2. The normalized spacial score (nSPS) is 24.0. The minimum absolute atomic E-state index is 0.0427. The molecule has 2 aliphatic carbocycles. The predicted octanol–water partition coefficient (Wildman–Crippen LogP) is 7.15. The smallest absolute Gasteiger partial charge is 0.257 e. The van der Waals surface area contributed by atoms with Crippen molar-refractivity contribution in [3.05, 3.63) is 82.8 Å². The molecule has 2 amide bonds. The molecule has 0 spiro atoms. The Hall–Kier alpha value is -3.61. The van der Waals surface area contributed by atoms with E-state index in [4.69, 9.17) is 0 Å². The van der Waals surface area contributed by atoms with Crippen LogP contribution in [-0.4, -0.2) is 48.4 Å². The molecule has 4 aliphatic rings. The Kier molecular flexibility index (Phi) is 9.39. The Balaban J connectivity index is 1.27. The number of carbonyl (C=O) groups excluding carboxylic acids is 2. The molecular formula is C37H47FN4O2. The minimum Gasteiger partial charge on any atom is -0.383 e. The Labute approximate surface area is 261 Å². The van der Waals surface area contributed by atoms with Crippen LogP contribution in [0.2, 0.25) is 0 Å². The van der Waals surface area contributed by atoms with Crippen LogP contribution in [0.5, 0.6) is 0 Å². The number of benzene rings is 2. The number of nitrogens with zero attached hydrogens (tertiary/aromatic N) is 2. The van der Waals surface area contributed by atoms with Gasteiger partial charge in [0.2, 0.25) is 5.91 Å². The first-order valence-corrected chi connectivity index (χ1v) is 16.8. The summed E-state index contributed by atoms with van der Waals surface area (Å²) in [7, 11) is 0. The van der Waals surface area contributed by atoms with Crippen molar-refractivity contribution in [3.8, 4) is 0 Å². The van der Waals surface area contributed by atoms with Crippen LogP contribution < -0.4 is 15.5 Å². The first-order valence-electron chi connectivity index (χ1n) is 16.8. The number of hydrogen-bond donors (Lipinski definition) is 2. The lowest BCUT2D eigenvalue weighted by molar-refractivity contribution is -0.123. The van der Waals surface area contributed by atoms with Gasteiger partial charge in [-0.2, -0.15) is 0 Å². The predicted molar refractivity (Wildman–Crippen MR) is 175 cm³/mol. The lowest BCUT2D eigenvalue weighted by atomic mass is 9.77. The fourth-order valence-corrected chi connectivity index (χ4v) is 7.85. The maximum absolute atomic E-state index is 15.1. The Morgan fingerprint density at radius 3 is 2.48 bits per heavy atom. The number of amides is 2. The average molecular weight is 599 g/mol. The lowest BCUT2D eigenvalue weighted by Gasteiger charge is -2.44. The maximum atomic E-state index is 15.1. The van der Waals surface area contributed by atoms with Crippen LogP contribution >= 0.6 is 0 Å². The van der Waals surface area contributed by atoms with Gasteiger partial charge >= 0.3 is 0 Å². The molecular weight excluding hydrogens is 551 g/mol. The van der Waals surface area contributed by atoms with E-state index in [0.29, 0.717) is 31.0 Å². The molecule has 0 aromatic heterocycles.